The number of nitrogens with one attached hydrogen (secondary N) is 2. The third kappa shape index (κ3) is 3.70. The maximum absolute atomic E-state index is 12.5. The van der Waals surface area contributed by atoms with Crippen molar-refractivity contribution in [1.82, 2.24) is 10.9 Å². The van der Waals surface area contributed by atoms with Gasteiger partial charge < -0.3 is 0 Å². The normalized spacial score (nSPS) is 17.0. The van der Waals surface area contributed by atoms with Gasteiger partial charge in [0, 0.05) is 10.6 Å². The third-order valence-electron chi connectivity index (χ3n) is 3.89. The number of imide groups is 1. The molecular weight excluding hydrogens is 342 g/mol. The molecule has 7 heteroatoms. The average Bonchev–Trinajstić information content (AvgIpc) is 2.87. The van der Waals surface area contributed by atoms with Gasteiger partial charge in [-0.25, -0.2) is 10.3 Å². The molecule has 1 fully saturated rings. The molecule has 1 aliphatic heterocycles. The van der Waals surface area contributed by atoms with E-state index >= 15 is 0 Å². The van der Waals surface area contributed by atoms with Gasteiger partial charge in [0.05, 0.1) is 12.1 Å². The van der Waals surface area contributed by atoms with Gasteiger partial charge in [-0.05, 0) is 37.3 Å². The number of carbonyl (C=O) groups excluding carboxylic acids is 3. The van der Waals surface area contributed by atoms with Crippen molar-refractivity contribution < 1.29 is 14.4 Å². The van der Waals surface area contributed by atoms with Gasteiger partial charge in [0.2, 0.25) is 5.91 Å². The molecule has 0 saturated carbocycles. The second-order valence-corrected chi connectivity index (χ2v) is 6.20. The summed E-state index contributed by atoms with van der Waals surface area (Å²) in [6.07, 6.45) is -0.0421. The molecule has 6 nitrogen and oxygen atoms in total. The Balaban J connectivity index is 1.66. The molecule has 0 spiro atoms. The number of benzene rings is 2. The van der Waals surface area contributed by atoms with Gasteiger partial charge in [-0.3, -0.25) is 19.8 Å². The van der Waals surface area contributed by atoms with Crippen LogP contribution in [0.5, 0.6) is 0 Å². The molecule has 25 heavy (non-hydrogen) atoms. The maximum atomic E-state index is 12.5. The number of anilines is 1. The highest BCUT2D eigenvalue weighted by molar-refractivity contribution is 6.31. The van der Waals surface area contributed by atoms with Gasteiger partial charge in [0.25, 0.3) is 11.8 Å². The number of hydrogen-bond acceptors (Lipinski definition) is 4. The molecule has 2 aromatic rings. The average molecular weight is 358 g/mol. The van der Waals surface area contributed by atoms with Crippen LogP contribution in [0.3, 0.4) is 0 Å². The van der Waals surface area contributed by atoms with Crippen molar-refractivity contribution in [2.45, 2.75) is 19.4 Å². The fourth-order valence-electron chi connectivity index (χ4n) is 2.56. The molecule has 2 N–H and O–H groups in total. The zero-order valence-corrected chi connectivity index (χ0v) is 14.2. The van der Waals surface area contributed by atoms with Gasteiger partial charge in [0.15, 0.2) is 0 Å². The summed E-state index contributed by atoms with van der Waals surface area (Å²) in [5.74, 6) is -1.16. The fourth-order valence-corrected chi connectivity index (χ4v) is 2.75. The fraction of sp³-hybridized carbons (Fsp3) is 0.167. The lowest BCUT2D eigenvalue weighted by Gasteiger charge is -2.16. The Bertz CT molecular complexity index is 836. The second-order valence-electron chi connectivity index (χ2n) is 5.77. The van der Waals surface area contributed by atoms with Gasteiger partial charge in [0.1, 0.15) is 6.04 Å². The molecule has 1 atom stereocenters. The Morgan fingerprint density at radius 1 is 1.16 bits per heavy atom. The van der Waals surface area contributed by atoms with Crippen molar-refractivity contribution in [2.75, 3.05) is 4.90 Å². The van der Waals surface area contributed by atoms with Crippen molar-refractivity contribution in [1.29, 1.82) is 0 Å². The van der Waals surface area contributed by atoms with Crippen LogP contribution in [-0.2, 0) is 9.59 Å². The summed E-state index contributed by atoms with van der Waals surface area (Å²) in [5, 5.41) is 0.433. The first kappa shape index (κ1) is 17.1. The van der Waals surface area contributed by atoms with E-state index in [1.165, 1.54) is 0 Å². The molecule has 0 aliphatic carbocycles. The molecule has 3 amide bonds. The molecule has 1 aliphatic rings. The highest BCUT2D eigenvalue weighted by atomic mass is 35.5. The van der Waals surface area contributed by atoms with Crippen molar-refractivity contribution in [2.24, 2.45) is 0 Å². The van der Waals surface area contributed by atoms with Crippen LogP contribution in [-0.4, -0.2) is 23.8 Å². The zero-order valence-electron chi connectivity index (χ0n) is 13.5. The quantitative estimate of drug-likeness (QED) is 0.649. The van der Waals surface area contributed by atoms with Crippen LogP contribution in [0, 0.1) is 6.92 Å². The highest BCUT2D eigenvalue weighted by Crippen LogP contribution is 2.25. The van der Waals surface area contributed by atoms with Crippen LogP contribution in [0.4, 0.5) is 5.69 Å². The maximum Gasteiger partial charge on any atom is 0.265 e. The predicted octanol–water partition coefficient (Wildman–Crippen LogP) is 2.21. The van der Waals surface area contributed by atoms with Gasteiger partial charge in [-0.15, -0.1) is 0 Å². The van der Waals surface area contributed by atoms with Crippen LogP contribution in [0.2, 0.25) is 5.02 Å². The molecule has 1 heterocycles. The summed E-state index contributed by atoms with van der Waals surface area (Å²) >= 11 is 5.91. The minimum Gasteiger partial charge on any atom is -0.287 e. The lowest BCUT2D eigenvalue weighted by molar-refractivity contribution is -0.121. The van der Waals surface area contributed by atoms with Crippen LogP contribution >= 0.6 is 11.6 Å². The standard InChI is InChI=1S/C18H16ClN3O3/c1-11-5-7-12(8-6-11)17(24)21-20-15-10-16(23)22(18(15)25)14-4-2-3-13(19)9-14/h2-9,15,20H,10H2,1H3,(H,21,24)/t15-/m0/s1. The number of carbonyl (C=O) groups is 3. The Hall–Kier alpha value is -2.70. The topological polar surface area (TPSA) is 78.5 Å². The number of halogens is 1. The van der Waals surface area contributed by atoms with E-state index < -0.39 is 11.9 Å². The van der Waals surface area contributed by atoms with Gasteiger partial charge in [-0.2, -0.15) is 0 Å². The van der Waals surface area contributed by atoms with Crippen LogP contribution in [0.25, 0.3) is 0 Å². The summed E-state index contributed by atoms with van der Waals surface area (Å²) in [6, 6.07) is 12.7. The highest BCUT2D eigenvalue weighted by Gasteiger charge is 2.39. The molecule has 0 aromatic heterocycles. The summed E-state index contributed by atoms with van der Waals surface area (Å²) in [6.45, 7) is 1.92. The van der Waals surface area contributed by atoms with E-state index in [1.54, 1.807) is 36.4 Å². The number of rotatable bonds is 4. The van der Waals surface area contributed by atoms with Crippen molar-refractivity contribution in [3.63, 3.8) is 0 Å². The second kappa shape index (κ2) is 7.04. The Labute approximate surface area is 149 Å². The van der Waals surface area contributed by atoms with E-state index in [0.29, 0.717) is 16.3 Å². The monoisotopic (exact) mass is 357 g/mol. The van der Waals surface area contributed by atoms with Gasteiger partial charge in [-0.1, -0.05) is 35.4 Å². The summed E-state index contributed by atoms with van der Waals surface area (Å²) in [4.78, 5) is 37.8. The first-order chi connectivity index (χ1) is 12.0. The van der Waals surface area contributed by atoms with Crippen LogP contribution in [0.1, 0.15) is 22.3 Å². The molecule has 1 saturated heterocycles. The molecule has 0 bridgehead atoms. The summed E-state index contributed by atoms with van der Waals surface area (Å²) in [5.41, 5.74) is 7.04. The zero-order chi connectivity index (χ0) is 18.0. The minimum atomic E-state index is -0.819. The van der Waals surface area contributed by atoms with Gasteiger partial charge >= 0.3 is 0 Å². The Morgan fingerprint density at radius 2 is 1.88 bits per heavy atom. The number of hydrogen-bond donors (Lipinski definition) is 2. The minimum absolute atomic E-state index is 0.0421. The van der Waals surface area contributed by atoms with Crippen molar-refractivity contribution >= 4 is 35.0 Å². The molecule has 2 aromatic carbocycles. The number of amides is 3. The predicted molar refractivity (Wildman–Crippen MR) is 94.1 cm³/mol. The first-order valence-corrected chi connectivity index (χ1v) is 8.08. The molecule has 0 radical (unpaired) electrons. The molecular formula is C18H16ClN3O3. The number of aryl methyl sites for hydroxylation is 1. The smallest absolute Gasteiger partial charge is 0.265 e. The molecule has 0 unspecified atom stereocenters. The lowest BCUT2D eigenvalue weighted by Crippen LogP contribution is -2.48. The number of nitrogens with zero attached hydrogens (tertiary/aromatic N) is 1. The largest absolute Gasteiger partial charge is 0.287 e. The summed E-state index contributed by atoms with van der Waals surface area (Å²) in [7, 11) is 0. The van der Waals surface area contributed by atoms with Crippen LogP contribution in [0.15, 0.2) is 48.5 Å². The van der Waals surface area contributed by atoms with E-state index in [9.17, 15) is 14.4 Å². The van der Waals surface area contributed by atoms with E-state index in [-0.39, 0.29) is 18.2 Å². The number of hydrazine groups is 1. The Kier molecular flexibility index (Phi) is 4.83. The van der Waals surface area contributed by atoms with E-state index in [2.05, 4.69) is 10.9 Å². The van der Waals surface area contributed by atoms with Crippen LogP contribution < -0.4 is 15.8 Å². The Morgan fingerprint density at radius 3 is 2.56 bits per heavy atom. The molecule has 128 valence electrons. The van der Waals surface area contributed by atoms with E-state index in [0.717, 1.165) is 10.5 Å². The lowest BCUT2D eigenvalue weighted by atomic mass is 10.1. The van der Waals surface area contributed by atoms with Crippen molar-refractivity contribution in [3.8, 4) is 0 Å². The van der Waals surface area contributed by atoms with E-state index in [1.807, 2.05) is 19.1 Å². The first-order valence-electron chi connectivity index (χ1n) is 7.70. The summed E-state index contributed by atoms with van der Waals surface area (Å²) < 4.78 is 0. The third-order valence-corrected chi connectivity index (χ3v) is 4.12. The van der Waals surface area contributed by atoms with Crippen molar-refractivity contribution in [3.05, 3.63) is 64.7 Å². The SMILES string of the molecule is Cc1ccc(C(=O)NN[C@H]2CC(=O)N(c3cccc(Cl)c3)C2=O)cc1. The molecule has 3 rings (SSSR count). The van der Waals surface area contributed by atoms with E-state index in [4.69, 9.17) is 11.6 Å².